The van der Waals surface area contributed by atoms with Gasteiger partial charge in [0.1, 0.15) is 5.75 Å². The van der Waals surface area contributed by atoms with Gasteiger partial charge in [-0.15, -0.1) is 5.10 Å². The number of hydrogen-bond donors (Lipinski definition) is 1. The summed E-state index contributed by atoms with van der Waals surface area (Å²) in [7, 11) is 3.63. The summed E-state index contributed by atoms with van der Waals surface area (Å²) in [6.45, 7) is 4.95. The molecule has 1 N–H and O–H groups in total. The van der Waals surface area contributed by atoms with Crippen LogP contribution in [0.1, 0.15) is 19.5 Å². The van der Waals surface area contributed by atoms with Gasteiger partial charge in [-0.3, -0.25) is 0 Å². The van der Waals surface area contributed by atoms with Crippen molar-refractivity contribution in [2.45, 2.75) is 26.4 Å². The van der Waals surface area contributed by atoms with E-state index in [1.165, 1.54) is 0 Å². The first-order chi connectivity index (χ1) is 10.1. The molecule has 112 valence electrons. The van der Waals surface area contributed by atoms with Crippen LogP contribution in [0.25, 0.3) is 0 Å². The van der Waals surface area contributed by atoms with Gasteiger partial charge in [0.2, 0.25) is 0 Å². The van der Waals surface area contributed by atoms with Crippen molar-refractivity contribution in [1.82, 2.24) is 15.5 Å². The van der Waals surface area contributed by atoms with E-state index >= 15 is 0 Å². The van der Waals surface area contributed by atoms with Crippen LogP contribution < -0.4 is 15.0 Å². The lowest BCUT2D eigenvalue weighted by molar-refractivity contribution is 0.415. The average molecular weight is 286 g/mol. The molecule has 0 unspecified atom stereocenters. The van der Waals surface area contributed by atoms with Crippen molar-refractivity contribution < 1.29 is 4.74 Å². The maximum Gasteiger partial charge on any atom is 0.155 e. The predicted molar refractivity (Wildman–Crippen MR) is 85.1 cm³/mol. The normalized spacial score (nSPS) is 10.7. The largest absolute Gasteiger partial charge is 0.497 e. The number of hydrogen-bond acceptors (Lipinski definition) is 5. The second-order valence-corrected chi connectivity index (χ2v) is 5.18. The van der Waals surface area contributed by atoms with Crippen molar-refractivity contribution in [2.24, 2.45) is 0 Å². The fourth-order valence-corrected chi connectivity index (χ4v) is 1.89. The zero-order valence-electron chi connectivity index (χ0n) is 13.0. The fourth-order valence-electron chi connectivity index (χ4n) is 1.89. The lowest BCUT2D eigenvalue weighted by atomic mass is 10.2. The van der Waals surface area contributed by atoms with Gasteiger partial charge in [0.15, 0.2) is 5.82 Å². The molecule has 1 aromatic heterocycles. The summed E-state index contributed by atoms with van der Waals surface area (Å²) in [4.78, 5) is 1.98. The highest BCUT2D eigenvalue weighted by Crippen LogP contribution is 2.24. The summed E-state index contributed by atoms with van der Waals surface area (Å²) in [6.07, 6.45) is 0. The van der Waals surface area contributed by atoms with E-state index in [-0.39, 0.29) is 0 Å². The maximum atomic E-state index is 5.24. The Hall–Kier alpha value is -2.14. The molecule has 2 rings (SSSR count). The Morgan fingerprint density at radius 1 is 1.19 bits per heavy atom. The van der Waals surface area contributed by atoms with Crippen LogP contribution in [-0.4, -0.2) is 30.4 Å². The molecule has 0 saturated heterocycles. The standard InChI is InChI=1S/C16H22N4O/c1-12(2)17-11-13-8-9-16(19-18-13)20(3)14-6-5-7-15(10-14)21-4/h5-10,12,17H,11H2,1-4H3. The molecule has 0 amide bonds. The summed E-state index contributed by atoms with van der Waals surface area (Å²) in [5.74, 6) is 1.63. The summed E-state index contributed by atoms with van der Waals surface area (Å²) >= 11 is 0. The van der Waals surface area contributed by atoms with Crippen molar-refractivity contribution in [3.8, 4) is 5.75 Å². The van der Waals surface area contributed by atoms with Crippen LogP contribution >= 0.6 is 0 Å². The Labute approximate surface area is 126 Å². The van der Waals surface area contributed by atoms with Gasteiger partial charge in [0, 0.05) is 31.4 Å². The van der Waals surface area contributed by atoms with Gasteiger partial charge in [0.25, 0.3) is 0 Å². The molecule has 21 heavy (non-hydrogen) atoms. The van der Waals surface area contributed by atoms with Gasteiger partial charge in [-0.2, -0.15) is 5.10 Å². The Balaban J connectivity index is 2.10. The van der Waals surface area contributed by atoms with Gasteiger partial charge >= 0.3 is 0 Å². The molecule has 0 aliphatic carbocycles. The first-order valence-corrected chi connectivity index (χ1v) is 7.04. The molecule has 5 heteroatoms. The number of nitrogens with one attached hydrogen (secondary N) is 1. The lowest BCUT2D eigenvalue weighted by Gasteiger charge is -2.18. The molecule has 0 aliphatic rings. The predicted octanol–water partition coefficient (Wildman–Crippen LogP) is 2.75. The first-order valence-electron chi connectivity index (χ1n) is 7.04. The number of benzene rings is 1. The molecule has 0 atom stereocenters. The summed E-state index contributed by atoms with van der Waals surface area (Å²) in [5, 5.41) is 11.9. The second kappa shape index (κ2) is 7.04. The number of rotatable bonds is 6. The van der Waals surface area contributed by atoms with E-state index in [1.54, 1.807) is 7.11 Å². The Morgan fingerprint density at radius 3 is 2.62 bits per heavy atom. The smallest absolute Gasteiger partial charge is 0.155 e. The van der Waals surface area contributed by atoms with Gasteiger partial charge in [-0.05, 0) is 24.3 Å². The zero-order chi connectivity index (χ0) is 15.2. The molecule has 0 saturated carbocycles. The lowest BCUT2D eigenvalue weighted by Crippen LogP contribution is -2.22. The molecule has 1 heterocycles. The highest BCUT2D eigenvalue weighted by atomic mass is 16.5. The number of nitrogens with zero attached hydrogens (tertiary/aromatic N) is 3. The van der Waals surface area contributed by atoms with E-state index in [0.717, 1.165) is 29.5 Å². The highest BCUT2D eigenvalue weighted by molar-refractivity contribution is 5.60. The van der Waals surface area contributed by atoms with Crippen LogP contribution in [0.4, 0.5) is 11.5 Å². The van der Waals surface area contributed by atoms with E-state index in [2.05, 4.69) is 29.4 Å². The summed E-state index contributed by atoms with van der Waals surface area (Å²) in [6, 6.07) is 12.3. The van der Waals surface area contributed by atoms with Crippen molar-refractivity contribution in [3.05, 3.63) is 42.1 Å². The number of aromatic nitrogens is 2. The quantitative estimate of drug-likeness (QED) is 0.885. The third-order valence-electron chi connectivity index (χ3n) is 3.18. The molecule has 1 aromatic carbocycles. The minimum absolute atomic E-state index is 0.436. The molecular formula is C16H22N4O. The van der Waals surface area contributed by atoms with Crippen molar-refractivity contribution in [2.75, 3.05) is 19.1 Å². The van der Waals surface area contributed by atoms with E-state index < -0.39 is 0 Å². The van der Waals surface area contributed by atoms with Gasteiger partial charge in [0.05, 0.1) is 12.8 Å². The number of anilines is 2. The third-order valence-corrected chi connectivity index (χ3v) is 3.18. The average Bonchev–Trinajstić information content (AvgIpc) is 2.52. The topological polar surface area (TPSA) is 50.3 Å². The van der Waals surface area contributed by atoms with Crippen LogP contribution in [0.3, 0.4) is 0 Å². The number of methoxy groups -OCH3 is 1. The summed E-state index contributed by atoms with van der Waals surface area (Å²) in [5.41, 5.74) is 1.95. The van der Waals surface area contributed by atoms with E-state index in [4.69, 9.17) is 4.74 Å². The zero-order valence-corrected chi connectivity index (χ0v) is 13.0. The molecular weight excluding hydrogens is 264 g/mol. The summed E-state index contributed by atoms with van der Waals surface area (Å²) < 4.78 is 5.24. The van der Waals surface area contributed by atoms with Crippen LogP contribution in [0.2, 0.25) is 0 Å². The van der Waals surface area contributed by atoms with Crippen LogP contribution in [0.5, 0.6) is 5.75 Å². The third kappa shape index (κ3) is 4.16. The van der Waals surface area contributed by atoms with E-state index in [9.17, 15) is 0 Å². The molecule has 0 fully saturated rings. The fraction of sp³-hybridized carbons (Fsp3) is 0.375. The van der Waals surface area contributed by atoms with Crippen LogP contribution in [0.15, 0.2) is 36.4 Å². The van der Waals surface area contributed by atoms with Crippen LogP contribution in [-0.2, 0) is 6.54 Å². The Bertz CT molecular complexity index is 569. The molecule has 0 bridgehead atoms. The SMILES string of the molecule is COc1cccc(N(C)c2ccc(CNC(C)C)nn2)c1. The minimum Gasteiger partial charge on any atom is -0.497 e. The van der Waals surface area contributed by atoms with E-state index in [0.29, 0.717) is 6.04 Å². The number of ether oxygens (including phenoxy) is 1. The van der Waals surface area contributed by atoms with Gasteiger partial charge in [-0.25, -0.2) is 0 Å². The maximum absolute atomic E-state index is 5.24. The van der Waals surface area contributed by atoms with Crippen molar-refractivity contribution in [3.63, 3.8) is 0 Å². The molecule has 0 aliphatic heterocycles. The van der Waals surface area contributed by atoms with Crippen LogP contribution in [0, 0.1) is 0 Å². The molecule has 0 radical (unpaired) electrons. The van der Waals surface area contributed by atoms with Crippen molar-refractivity contribution >= 4 is 11.5 Å². The van der Waals surface area contributed by atoms with Gasteiger partial charge < -0.3 is 15.0 Å². The molecule has 5 nitrogen and oxygen atoms in total. The molecule has 0 spiro atoms. The van der Waals surface area contributed by atoms with Crippen molar-refractivity contribution in [1.29, 1.82) is 0 Å². The Kier molecular flexibility index (Phi) is 5.11. The first kappa shape index (κ1) is 15.3. The van der Waals surface area contributed by atoms with Gasteiger partial charge in [-0.1, -0.05) is 19.9 Å². The minimum atomic E-state index is 0.436. The molecule has 2 aromatic rings. The monoisotopic (exact) mass is 286 g/mol. The Morgan fingerprint density at radius 2 is 2.00 bits per heavy atom. The van der Waals surface area contributed by atoms with E-state index in [1.807, 2.05) is 48.3 Å². The second-order valence-electron chi connectivity index (χ2n) is 5.18. The highest BCUT2D eigenvalue weighted by Gasteiger charge is 2.07.